The Labute approximate surface area is 109 Å². The highest BCUT2D eigenvalue weighted by molar-refractivity contribution is 5.69. The van der Waals surface area contributed by atoms with Crippen molar-refractivity contribution in [1.82, 2.24) is 18.7 Å². The molecule has 0 saturated carbocycles. The minimum atomic E-state index is -4.80. The van der Waals surface area contributed by atoms with Crippen molar-refractivity contribution in [2.75, 3.05) is 0 Å². The molecule has 0 aromatic carbocycles. The number of aliphatic hydroxyl groups is 1. The predicted molar refractivity (Wildman–Crippen MR) is 62.3 cm³/mol. The zero-order valence-corrected chi connectivity index (χ0v) is 10.5. The zero-order valence-electron chi connectivity index (χ0n) is 10.5. The van der Waals surface area contributed by atoms with Crippen molar-refractivity contribution >= 4 is 11.2 Å². The third-order valence-electron chi connectivity index (χ3n) is 2.96. The second kappa shape index (κ2) is 4.47. The summed E-state index contributed by atoms with van der Waals surface area (Å²) in [4.78, 5) is 27.3. The lowest BCUT2D eigenvalue weighted by Crippen LogP contribution is -2.38. The van der Waals surface area contributed by atoms with Gasteiger partial charge in [-0.25, -0.2) is 9.78 Å². The highest BCUT2D eigenvalue weighted by atomic mass is 19.4. The van der Waals surface area contributed by atoms with E-state index in [-0.39, 0.29) is 11.2 Å². The molecule has 7 nitrogen and oxygen atoms in total. The van der Waals surface area contributed by atoms with Gasteiger partial charge in [0.2, 0.25) is 0 Å². The highest BCUT2D eigenvalue weighted by Crippen LogP contribution is 2.21. The van der Waals surface area contributed by atoms with Gasteiger partial charge in [0.25, 0.3) is 5.56 Å². The van der Waals surface area contributed by atoms with Crippen LogP contribution in [0, 0.1) is 0 Å². The van der Waals surface area contributed by atoms with Gasteiger partial charge in [0.05, 0.1) is 12.9 Å². The molecule has 2 aromatic rings. The first-order valence-corrected chi connectivity index (χ1v) is 5.50. The molecule has 0 spiro atoms. The van der Waals surface area contributed by atoms with Gasteiger partial charge in [-0.1, -0.05) is 0 Å². The lowest BCUT2D eigenvalue weighted by molar-refractivity contribution is -0.207. The molecule has 0 bridgehead atoms. The first kappa shape index (κ1) is 14.3. The van der Waals surface area contributed by atoms with E-state index in [1.165, 1.54) is 14.1 Å². The van der Waals surface area contributed by atoms with Gasteiger partial charge >= 0.3 is 11.9 Å². The van der Waals surface area contributed by atoms with E-state index in [1.807, 2.05) is 0 Å². The zero-order chi connectivity index (χ0) is 15.2. The van der Waals surface area contributed by atoms with Crippen LogP contribution in [0.1, 0.15) is 0 Å². The molecule has 0 radical (unpaired) electrons. The number of aryl methyl sites for hydroxylation is 1. The van der Waals surface area contributed by atoms with Gasteiger partial charge in [0.1, 0.15) is 0 Å². The number of nitrogens with zero attached hydrogens (tertiary/aromatic N) is 4. The summed E-state index contributed by atoms with van der Waals surface area (Å²) in [5.74, 6) is 0. The molecule has 0 aliphatic carbocycles. The van der Waals surface area contributed by atoms with Crippen molar-refractivity contribution in [2.45, 2.75) is 18.8 Å². The SMILES string of the molecule is Cn1c(=O)c2c(ncn2C[C@@H](O)C(F)(F)F)n(C)c1=O. The van der Waals surface area contributed by atoms with Gasteiger partial charge in [-0.05, 0) is 0 Å². The summed E-state index contributed by atoms with van der Waals surface area (Å²) >= 11 is 0. The summed E-state index contributed by atoms with van der Waals surface area (Å²) < 4.78 is 39.7. The predicted octanol–water partition coefficient (Wildman–Crippen LogP) is -0.643. The van der Waals surface area contributed by atoms with E-state index in [0.717, 1.165) is 20.0 Å². The molecule has 0 amide bonds. The molecular formula is C10H11F3N4O3. The lowest BCUT2D eigenvalue weighted by Gasteiger charge is -2.15. The number of aliphatic hydroxyl groups excluding tert-OH is 1. The maximum atomic E-state index is 12.3. The first-order valence-electron chi connectivity index (χ1n) is 5.50. The van der Waals surface area contributed by atoms with Gasteiger partial charge in [0.15, 0.2) is 17.3 Å². The van der Waals surface area contributed by atoms with Crippen LogP contribution in [-0.2, 0) is 20.6 Å². The van der Waals surface area contributed by atoms with Crippen LogP contribution in [0.4, 0.5) is 13.2 Å². The smallest absolute Gasteiger partial charge is 0.382 e. The summed E-state index contributed by atoms with van der Waals surface area (Å²) in [7, 11) is 2.56. The highest BCUT2D eigenvalue weighted by Gasteiger charge is 2.38. The van der Waals surface area contributed by atoms with Crippen LogP contribution >= 0.6 is 0 Å². The third-order valence-corrected chi connectivity index (χ3v) is 2.96. The summed E-state index contributed by atoms with van der Waals surface area (Å²) in [6.45, 7) is -0.868. The van der Waals surface area contributed by atoms with E-state index < -0.39 is 30.1 Å². The number of halogens is 3. The van der Waals surface area contributed by atoms with E-state index in [9.17, 15) is 22.8 Å². The Bertz CT molecular complexity index is 771. The number of hydrogen-bond donors (Lipinski definition) is 1. The fraction of sp³-hybridized carbons (Fsp3) is 0.500. The fourth-order valence-electron chi connectivity index (χ4n) is 1.83. The Kier molecular flexibility index (Phi) is 3.20. The second-order valence-corrected chi connectivity index (χ2v) is 4.33. The molecule has 0 aliphatic rings. The number of imidazole rings is 1. The third kappa shape index (κ3) is 2.11. The van der Waals surface area contributed by atoms with E-state index >= 15 is 0 Å². The van der Waals surface area contributed by atoms with E-state index in [4.69, 9.17) is 5.11 Å². The van der Waals surface area contributed by atoms with E-state index in [1.54, 1.807) is 0 Å². The number of hydrogen-bond acceptors (Lipinski definition) is 4. The monoisotopic (exact) mass is 292 g/mol. The Morgan fingerprint density at radius 2 is 1.90 bits per heavy atom. The molecule has 20 heavy (non-hydrogen) atoms. The fourth-order valence-corrected chi connectivity index (χ4v) is 1.83. The van der Waals surface area contributed by atoms with Gasteiger partial charge in [-0.3, -0.25) is 13.9 Å². The van der Waals surface area contributed by atoms with Gasteiger partial charge in [-0.15, -0.1) is 0 Å². The molecule has 0 saturated heterocycles. The van der Waals surface area contributed by atoms with Crippen LogP contribution in [0.3, 0.4) is 0 Å². The van der Waals surface area contributed by atoms with Crippen molar-refractivity contribution in [3.63, 3.8) is 0 Å². The first-order chi connectivity index (χ1) is 9.14. The maximum absolute atomic E-state index is 12.3. The molecule has 0 aliphatic heterocycles. The molecule has 0 fully saturated rings. The molecule has 0 unspecified atom stereocenters. The maximum Gasteiger partial charge on any atom is 0.416 e. The average molecular weight is 292 g/mol. The Morgan fingerprint density at radius 1 is 1.30 bits per heavy atom. The van der Waals surface area contributed by atoms with Crippen molar-refractivity contribution < 1.29 is 18.3 Å². The molecule has 2 rings (SSSR count). The Balaban J connectivity index is 2.64. The molecular weight excluding hydrogens is 281 g/mol. The minimum absolute atomic E-state index is 0.0347. The van der Waals surface area contributed by atoms with Crippen LogP contribution in [0.15, 0.2) is 15.9 Å². The van der Waals surface area contributed by atoms with Crippen molar-refractivity contribution in [3.05, 3.63) is 27.2 Å². The minimum Gasteiger partial charge on any atom is -0.382 e. The Morgan fingerprint density at radius 3 is 2.45 bits per heavy atom. The molecule has 1 N–H and O–H groups in total. The molecule has 10 heteroatoms. The van der Waals surface area contributed by atoms with E-state index in [0.29, 0.717) is 0 Å². The van der Waals surface area contributed by atoms with Crippen LogP contribution in [0.25, 0.3) is 11.2 Å². The van der Waals surface area contributed by atoms with Gasteiger partial charge in [-0.2, -0.15) is 13.2 Å². The average Bonchev–Trinajstić information content (AvgIpc) is 2.76. The molecule has 2 heterocycles. The van der Waals surface area contributed by atoms with Crippen LogP contribution < -0.4 is 11.2 Å². The summed E-state index contributed by atoms with van der Waals surface area (Å²) in [5.41, 5.74) is -1.61. The van der Waals surface area contributed by atoms with Crippen LogP contribution in [0.5, 0.6) is 0 Å². The summed E-state index contributed by atoms with van der Waals surface area (Å²) in [6.07, 6.45) is -6.44. The van der Waals surface area contributed by atoms with E-state index in [2.05, 4.69) is 4.98 Å². The van der Waals surface area contributed by atoms with Gasteiger partial charge in [0, 0.05) is 14.1 Å². The number of fused-ring (bicyclic) bond motifs is 1. The van der Waals surface area contributed by atoms with Crippen LogP contribution in [0.2, 0.25) is 0 Å². The van der Waals surface area contributed by atoms with Crippen molar-refractivity contribution in [1.29, 1.82) is 0 Å². The summed E-state index contributed by atoms with van der Waals surface area (Å²) in [5, 5.41) is 9.05. The van der Waals surface area contributed by atoms with Crippen molar-refractivity contribution in [2.24, 2.45) is 14.1 Å². The Hall–Kier alpha value is -2.10. The topological polar surface area (TPSA) is 82.0 Å². The standard InChI is InChI=1S/C10H11F3N4O3/c1-15-7-6(8(19)16(2)9(15)20)17(4-14-7)3-5(18)10(11,12)13/h4-5,18H,3H2,1-2H3/t5-/m1/s1. The number of alkyl halides is 3. The quantitative estimate of drug-likeness (QED) is 0.798. The molecule has 2 aromatic heterocycles. The van der Waals surface area contributed by atoms with Crippen LogP contribution in [-0.4, -0.2) is 36.1 Å². The normalized spacial score (nSPS) is 13.9. The van der Waals surface area contributed by atoms with Gasteiger partial charge < -0.3 is 9.67 Å². The second-order valence-electron chi connectivity index (χ2n) is 4.33. The number of rotatable bonds is 2. The molecule has 110 valence electrons. The number of aromatic nitrogens is 4. The molecule has 1 atom stereocenters. The summed E-state index contributed by atoms with van der Waals surface area (Å²) in [6, 6.07) is 0. The largest absolute Gasteiger partial charge is 0.416 e. The van der Waals surface area contributed by atoms with Crippen molar-refractivity contribution in [3.8, 4) is 0 Å². The lowest BCUT2D eigenvalue weighted by atomic mass is 10.3.